The SMILES string of the molecule is C=C(C#N)CN1Cc2c(-c3ccc4[nH]nc(-c5ccncc5)c4c3)ccc(N)c2C1=O. The molecule has 0 bridgehead atoms. The molecular formula is C24H18N6O. The van der Waals surface area contributed by atoms with Crippen LogP contribution < -0.4 is 5.73 Å². The first-order chi connectivity index (χ1) is 15.1. The lowest BCUT2D eigenvalue weighted by atomic mass is 9.94. The summed E-state index contributed by atoms with van der Waals surface area (Å²) < 4.78 is 0. The molecule has 5 rings (SSSR count). The van der Waals surface area contributed by atoms with E-state index in [-0.39, 0.29) is 12.5 Å². The number of hydrogen-bond acceptors (Lipinski definition) is 5. The van der Waals surface area contributed by atoms with Crippen molar-refractivity contribution in [2.45, 2.75) is 6.54 Å². The van der Waals surface area contributed by atoms with Gasteiger partial charge in [-0.2, -0.15) is 10.4 Å². The Morgan fingerprint density at radius 1 is 1.19 bits per heavy atom. The van der Waals surface area contributed by atoms with Crippen LogP contribution in [0.3, 0.4) is 0 Å². The van der Waals surface area contributed by atoms with Gasteiger partial charge in [0.2, 0.25) is 0 Å². The Kier molecular flexibility index (Phi) is 4.26. The van der Waals surface area contributed by atoms with Crippen molar-refractivity contribution in [2.75, 3.05) is 12.3 Å². The van der Waals surface area contributed by atoms with E-state index in [1.165, 1.54) is 0 Å². The molecule has 1 aliphatic rings. The lowest BCUT2D eigenvalue weighted by molar-refractivity contribution is 0.0794. The van der Waals surface area contributed by atoms with E-state index in [4.69, 9.17) is 11.0 Å². The van der Waals surface area contributed by atoms with Crippen molar-refractivity contribution in [3.05, 3.63) is 78.1 Å². The zero-order valence-corrected chi connectivity index (χ0v) is 16.6. The highest BCUT2D eigenvalue weighted by atomic mass is 16.2. The topological polar surface area (TPSA) is 112 Å². The zero-order valence-electron chi connectivity index (χ0n) is 16.6. The van der Waals surface area contributed by atoms with Gasteiger partial charge in [-0.15, -0.1) is 0 Å². The van der Waals surface area contributed by atoms with Gasteiger partial charge in [-0.25, -0.2) is 0 Å². The van der Waals surface area contributed by atoms with Crippen LogP contribution in [0.4, 0.5) is 5.69 Å². The third-order valence-electron chi connectivity index (χ3n) is 5.56. The van der Waals surface area contributed by atoms with Gasteiger partial charge < -0.3 is 10.6 Å². The van der Waals surface area contributed by atoms with Crippen molar-refractivity contribution >= 4 is 22.5 Å². The number of benzene rings is 2. The number of rotatable bonds is 4. The molecule has 0 radical (unpaired) electrons. The average molecular weight is 406 g/mol. The van der Waals surface area contributed by atoms with Gasteiger partial charge in [-0.05, 0) is 47.0 Å². The minimum absolute atomic E-state index is 0.174. The molecule has 4 aromatic rings. The van der Waals surface area contributed by atoms with Gasteiger partial charge in [0.15, 0.2) is 0 Å². The molecule has 150 valence electrons. The van der Waals surface area contributed by atoms with Crippen LogP contribution >= 0.6 is 0 Å². The summed E-state index contributed by atoms with van der Waals surface area (Å²) in [4.78, 5) is 18.6. The van der Waals surface area contributed by atoms with Gasteiger partial charge in [-0.3, -0.25) is 14.9 Å². The van der Waals surface area contributed by atoms with Crippen molar-refractivity contribution in [3.8, 4) is 28.5 Å². The smallest absolute Gasteiger partial charge is 0.256 e. The maximum atomic E-state index is 12.9. The zero-order chi connectivity index (χ0) is 21.5. The van der Waals surface area contributed by atoms with E-state index in [2.05, 4.69) is 27.8 Å². The molecule has 7 heteroatoms. The lowest BCUT2D eigenvalue weighted by Gasteiger charge is -2.14. The predicted molar refractivity (Wildman–Crippen MR) is 119 cm³/mol. The number of hydrogen-bond donors (Lipinski definition) is 2. The van der Waals surface area contributed by atoms with E-state index < -0.39 is 0 Å². The summed E-state index contributed by atoms with van der Waals surface area (Å²) in [5.74, 6) is -0.174. The molecule has 0 saturated heterocycles. The number of nitrogen functional groups attached to an aromatic ring is 1. The van der Waals surface area contributed by atoms with Crippen molar-refractivity contribution < 1.29 is 4.79 Å². The van der Waals surface area contributed by atoms with Gasteiger partial charge in [0, 0.05) is 41.1 Å². The van der Waals surface area contributed by atoms with E-state index in [0.29, 0.717) is 23.4 Å². The van der Waals surface area contributed by atoms with Gasteiger partial charge in [0.05, 0.1) is 23.7 Å². The molecule has 31 heavy (non-hydrogen) atoms. The summed E-state index contributed by atoms with van der Waals surface area (Å²) >= 11 is 0. The fourth-order valence-corrected chi connectivity index (χ4v) is 4.08. The van der Waals surface area contributed by atoms with E-state index >= 15 is 0 Å². The fraction of sp³-hybridized carbons (Fsp3) is 0.0833. The molecule has 7 nitrogen and oxygen atoms in total. The molecule has 0 aliphatic carbocycles. The molecule has 0 unspecified atom stereocenters. The fourth-order valence-electron chi connectivity index (χ4n) is 4.08. The summed E-state index contributed by atoms with van der Waals surface area (Å²) in [6, 6.07) is 15.6. The highest BCUT2D eigenvalue weighted by molar-refractivity contribution is 6.06. The van der Waals surface area contributed by atoms with Crippen LogP contribution in [0, 0.1) is 11.3 Å². The number of nitriles is 1. The molecule has 0 saturated carbocycles. The number of anilines is 1. The highest BCUT2D eigenvalue weighted by Crippen LogP contribution is 2.38. The molecule has 0 fully saturated rings. The first kappa shape index (κ1) is 18.6. The largest absolute Gasteiger partial charge is 0.398 e. The summed E-state index contributed by atoms with van der Waals surface area (Å²) in [6.07, 6.45) is 3.48. The van der Waals surface area contributed by atoms with Crippen molar-refractivity contribution in [1.82, 2.24) is 20.1 Å². The minimum Gasteiger partial charge on any atom is -0.398 e. The number of aromatic nitrogens is 3. The van der Waals surface area contributed by atoms with Crippen molar-refractivity contribution in [3.63, 3.8) is 0 Å². The number of nitrogens with zero attached hydrogens (tertiary/aromatic N) is 4. The van der Waals surface area contributed by atoms with Gasteiger partial charge in [-0.1, -0.05) is 18.7 Å². The van der Waals surface area contributed by atoms with Gasteiger partial charge in [0.1, 0.15) is 5.69 Å². The Hall–Kier alpha value is -4.44. The second kappa shape index (κ2) is 7.11. The first-order valence-corrected chi connectivity index (χ1v) is 9.74. The number of amides is 1. The van der Waals surface area contributed by atoms with Gasteiger partial charge >= 0.3 is 0 Å². The second-order valence-electron chi connectivity index (χ2n) is 7.50. The molecule has 2 aromatic heterocycles. The molecule has 2 aromatic carbocycles. The van der Waals surface area contributed by atoms with Crippen LogP contribution in [0.5, 0.6) is 0 Å². The van der Waals surface area contributed by atoms with E-state index in [0.717, 1.165) is 38.9 Å². The van der Waals surface area contributed by atoms with Crippen LogP contribution in [0.15, 0.2) is 67.0 Å². The first-order valence-electron chi connectivity index (χ1n) is 9.74. The average Bonchev–Trinajstić information content (AvgIpc) is 3.36. The number of aromatic amines is 1. The number of H-pyrrole nitrogens is 1. The minimum atomic E-state index is -0.174. The van der Waals surface area contributed by atoms with E-state index in [1.807, 2.05) is 36.4 Å². The highest BCUT2D eigenvalue weighted by Gasteiger charge is 2.32. The summed E-state index contributed by atoms with van der Waals surface area (Å²) in [5.41, 5.74) is 12.9. The standard InChI is InChI=1S/C24H18N6O/c1-14(11-25)12-30-13-19-17(3-4-20(26)22(19)24(30)31)16-2-5-21-18(10-16)23(29-28-21)15-6-8-27-9-7-15/h2-10H,1,12-13,26H2,(H,28,29). The monoisotopic (exact) mass is 406 g/mol. The summed E-state index contributed by atoms with van der Waals surface area (Å²) in [5, 5.41) is 17.6. The number of pyridine rings is 1. The molecule has 1 aliphatic heterocycles. The molecular weight excluding hydrogens is 388 g/mol. The van der Waals surface area contributed by atoms with Crippen LogP contribution in [0.25, 0.3) is 33.3 Å². The normalized spacial score (nSPS) is 12.7. The number of fused-ring (bicyclic) bond motifs is 2. The predicted octanol–water partition coefficient (Wildman–Crippen LogP) is 3.91. The summed E-state index contributed by atoms with van der Waals surface area (Å²) in [6.45, 7) is 4.28. The molecule has 0 atom stereocenters. The van der Waals surface area contributed by atoms with Crippen LogP contribution in [-0.2, 0) is 6.54 Å². The number of carbonyl (C=O) groups is 1. The van der Waals surface area contributed by atoms with Crippen molar-refractivity contribution in [2.24, 2.45) is 0 Å². The maximum absolute atomic E-state index is 12.9. The maximum Gasteiger partial charge on any atom is 0.256 e. The van der Waals surface area contributed by atoms with Gasteiger partial charge in [0.25, 0.3) is 5.91 Å². The second-order valence-corrected chi connectivity index (χ2v) is 7.50. The van der Waals surface area contributed by atoms with E-state index in [1.54, 1.807) is 23.4 Å². The number of nitrogens with two attached hydrogens (primary N) is 1. The van der Waals surface area contributed by atoms with Crippen molar-refractivity contribution in [1.29, 1.82) is 5.26 Å². The molecule has 0 spiro atoms. The Morgan fingerprint density at radius 2 is 2.00 bits per heavy atom. The van der Waals surface area contributed by atoms with Crippen LogP contribution in [0.1, 0.15) is 15.9 Å². The Morgan fingerprint density at radius 3 is 2.77 bits per heavy atom. The molecule has 3 N–H and O–H groups in total. The van der Waals surface area contributed by atoms with Crippen LogP contribution in [0.2, 0.25) is 0 Å². The third-order valence-corrected chi connectivity index (χ3v) is 5.56. The van der Waals surface area contributed by atoms with Crippen LogP contribution in [-0.4, -0.2) is 32.5 Å². The van der Waals surface area contributed by atoms with E-state index in [9.17, 15) is 4.79 Å². The summed E-state index contributed by atoms with van der Waals surface area (Å²) in [7, 11) is 0. The Balaban J connectivity index is 1.62. The quantitative estimate of drug-likeness (QED) is 0.394. The molecule has 3 heterocycles. The third kappa shape index (κ3) is 3.02. The number of nitrogens with one attached hydrogen (secondary N) is 1. The lowest BCUT2D eigenvalue weighted by Crippen LogP contribution is -2.26. The Labute approximate surface area is 178 Å². The number of carbonyl (C=O) groups excluding carboxylic acids is 1. The molecule has 1 amide bonds. The Bertz CT molecular complexity index is 1400.